The summed E-state index contributed by atoms with van der Waals surface area (Å²) >= 11 is 1.46. The van der Waals surface area contributed by atoms with Gasteiger partial charge < -0.3 is 0 Å². The highest BCUT2D eigenvalue weighted by molar-refractivity contribution is 7.22. The van der Waals surface area contributed by atoms with E-state index in [2.05, 4.69) is 6.92 Å². The van der Waals surface area contributed by atoms with Crippen molar-refractivity contribution in [2.24, 2.45) is 11.8 Å². The predicted molar refractivity (Wildman–Crippen MR) is 129 cm³/mol. The van der Waals surface area contributed by atoms with Gasteiger partial charge in [-0.15, -0.1) is 0 Å². The average molecular weight is 462 g/mol. The highest BCUT2D eigenvalue weighted by Crippen LogP contribution is 2.38. The molecule has 6 nitrogen and oxygen atoms in total. The fourth-order valence-corrected chi connectivity index (χ4v) is 5.97. The highest BCUT2D eigenvalue weighted by Gasteiger charge is 2.48. The fourth-order valence-electron chi connectivity index (χ4n) is 4.97. The number of likely N-dealkylation sites (tertiary alicyclic amines) is 1. The molecule has 5 rings (SSSR count). The predicted octanol–water partition coefficient (Wildman–Crippen LogP) is 5.09. The number of benzene rings is 2. The smallest absolute Gasteiger partial charge is 0.235 e. The SMILES string of the molecule is CCc1ccc(N(C(=O)CCN2C(=O)[C@H]3CCCC[C@@H]3C2=O)c2nc3ccccc3s2)cc1. The number of carbonyl (C=O) groups is 3. The molecule has 2 aromatic carbocycles. The van der Waals surface area contributed by atoms with E-state index in [9.17, 15) is 14.4 Å². The minimum absolute atomic E-state index is 0.0718. The maximum absolute atomic E-state index is 13.5. The van der Waals surface area contributed by atoms with Crippen molar-refractivity contribution in [1.82, 2.24) is 9.88 Å². The number of hydrogen-bond acceptors (Lipinski definition) is 5. The van der Waals surface area contributed by atoms with Gasteiger partial charge in [0.05, 0.1) is 27.7 Å². The topological polar surface area (TPSA) is 70.6 Å². The number of anilines is 2. The second-order valence-electron chi connectivity index (χ2n) is 8.79. The van der Waals surface area contributed by atoms with Gasteiger partial charge in [0.2, 0.25) is 17.7 Å². The quantitative estimate of drug-likeness (QED) is 0.480. The van der Waals surface area contributed by atoms with Crippen LogP contribution in [0.25, 0.3) is 10.2 Å². The Kier molecular flexibility index (Phi) is 5.98. The lowest BCUT2D eigenvalue weighted by Crippen LogP contribution is -2.36. The van der Waals surface area contributed by atoms with E-state index in [0.717, 1.165) is 48.0 Å². The highest BCUT2D eigenvalue weighted by atomic mass is 32.1. The van der Waals surface area contributed by atoms with Crippen LogP contribution in [-0.2, 0) is 20.8 Å². The molecule has 2 fully saturated rings. The van der Waals surface area contributed by atoms with Gasteiger partial charge in [-0.3, -0.25) is 24.2 Å². The van der Waals surface area contributed by atoms with Crippen LogP contribution in [0.3, 0.4) is 0 Å². The first-order valence-corrected chi connectivity index (χ1v) is 12.5. The number of thiazole rings is 1. The molecule has 7 heteroatoms. The zero-order valence-electron chi connectivity index (χ0n) is 18.7. The molecule has 0 N–H and O–H groups in total. The second-order valence-corrected chi connectivity index (χ2v) is 9.80. The van der Waals surface area contributed by atoms with Crippen LogP contribution < -0.4 is 4.90 Å². The van der Waals surface area contributed by atoms with Crippen molar-refractivity contribution in [3.05, 3.63) is 54.1 Å². The molecule has 0 spiro atoms. The number of amides is 3. The molecule has 170 valence electrons. The van der Waals surface area contributed by atoms with Crippen LogP contribution in [-0.4, -0.2) is 34.2 Å². The summed E-state index contributed by atoms with van der Waals surface area (Å²) in [6.07, 6.45) is 4.53. The molecule has 1 aliphatic heterocycles. The number of para-hydroxylation sites is 1. The number of nitrogens with zero attached hydrogens (tertiary/aromatic N) is 3. The molecule has 0 bridgehead atoms. The first-order chi connectivity index (χ1) is 16.1. The Balaban J connectivity index is 1.40. The zero-order valence-corrected chi connectivity index (χ0v) is 19.5. The lowest BCUT2D eigenvalue weighted by Gasteiger charge is -2.22. The molecule has 1 aliphatic carbocycles. The van der Waals surface area contributed by atoms with E-state index in [1.807, 2.05) is 48.5 Å². The van der Waals surface area contributed by atoms with Gasteiger partial charge in [0, 0.05) is 13.0 Å². The van der Waals surface area contributed by atoms with Crippen molar-refractivity contribution in [2.75, 3.05) is 11.4 Å². The molecule has 3 aromatic rings. The molecular formula is C26H27N3O3S. The van der Waals surface area contributed by atoms with Crippen molar-refractivity contribution in [1.29, 1.82) is 0 Å². The summed E-state index contributed by atoms with van der Waals surface area (Å²) in [5, 5.41) is 0.596. The maximum Gasteiger partial charge on any atom is 0.235 e. The minimum atomic E-state index is -0.191. The maximum atomic E-state index is 13.5. The average Bonchev–Trinajstić information content (AvgIpc) is 3.37. The van der Waals surface area contributed by atoms with Crippen molar-refractivity contribution in [2.45, 2.75) is 45.4 Å². The Labute approximate surface area is 197 Å². The normalized spacial score (nSPS) is 20.3. The van der Waals surface area contributed by atoms with Crippen LogP contribution in [0.5, 0.6) is 0 Å². The van der Waals surface area contributed by atoms with Crippen molar-refractivity contribution in [3.63, 3.8) is 0 Å². The second kappa shape index (κ2) is 9.06. The van der Waals surface area contributed by atoms with Crippen molar-refractivity contribution < 1.29 is 14.4 Å². The number of carbonyl (C=O) groups excluding carboxylic acids is 3. The van der Waals surface area contributed by atoms with Gasteiger partial charge in [-0.05, 0) is 49.1 Å². The molecule has 1 saturated carbocycles. The van der Waals surface area contributed by atoms with Crippen LogP contribution in [0.15, 0.2) is 48.5 Å². The number of fused-ring (bicyclic) bond motifs is 2. The van der Waals surface area contributed by atoms with E-state index in [0.29, 0.717) is 5.13 Å². The van der Waals surface area contributed by atoms with Crippen LogP contribution in [0.1, 0.15) is 44.6 Å². The van der Waals surface area contributed by atoms with Gasteiger partial charge >= 0.3 is 0 Å². The van der Waals surface area contributed by atoms with Gasteiger partial charge in [-0.25, -0.2) is 4.98 Å². The van der Waals surface area contributed by atoms with E-state index in [-0.39, 0.29) is 42.5 Å². The fraction of sp³-hybridized carbons (Fsp3) is 0.385. The van der Waals surface area contributed by atoms with Gasteiger partial charge in [0.1, 0.15) is 0 Å². The number of aryl methyl sites for hydroxylation is 1. The van der Waals surface area contributed by atoms with Crippen molar-refractivity contribution >= 4 is 50.1 Å². The number of imide groups is 1. The first-order valence-electron chi connectivity index (χ1n) is 11.7. The molecule has 33 heavy (non-hydrogen) atoms. The molecule has 2 heterocycles. The largest absolute Gasteiger partial charge is 0.282 e. The summed E-state index contributed by atoms with van der Waals surface area (Å²) in [4.78, 5) is 46.8. The van der Waals surface area contributed by atoms with Gasteiger partial charge in [-0.2, -0.15) is 0 Å². The molecular weight excluding hydrogens is 434 g/mol. The lowest BCUT2D eigenvalue weighted by atomic mass is 9.81. The monoisotopic (exact) mass is 461 g/mol. The molecule has 0 unspecified atom stereocenters. The lowest BCUT2D eigenvalue weighted by molar-refractivity contribution is -0.140. The van der Waals surface area contributed by atoms with Gasteiger partial charge in [0.15, 0.2) is 5.13 Å². The van der Waals surface area contributed by atoms with Gasteiger partial charge in [-0.1, -0.05) is 55.4 Å². The summed E-state index contributed by atoms with van der Waals surface area (Å²) in [5.74, 6) is -0.756. The molecule has 3 amide bonds. The summed E-state index contributed by atoms with van der Waals surface area (Å²) in [7, 11) is 0. The number of hydrogen-bond donors (Lipinski definition) is 0. The Morgan fingerprint density at radius 2 is 1.70 bits per heavy atom. The molecule has 0 radical (unpaired) electrons. The van der Waals surface area contributed by atoms with Crippen LogP contribution >= 0.6 is 11.3 Å². The van der Waals surface area contributed by atoms with E-state index >= 15 is 0 Å². The standard InChI is InChI=1S/C26H27N3O3S/c1-2-17-11-13-18(14-12-17)29(26-27-21-9-5-6-10-22(21)33-26)23(30)15-16-28-24(31)19-7-3-4-8-20(19)25(28)32/h5-6,9-14,19-20H,2-4,7-8,15-16H2,1H3/t19-,20-/m0/s1. The Bertz CT molecular complexity index is 1150. The van der Waals surface area contributed by atoms with Gasteiger partial charge in [0.25, 0.3) is 0 Å². The Morgan fingerprint density at radius 3 is 2.33 bits per heavy atom. The van der Waals surface area contributed by atoms with Crippen LogP contribution in [0, 0.1) is 11.8 Å². The third kappa shape index (κ3) is 4.06. The summed E-state index contributed by atoms with van der Waals surface area (Å²) in [6, 6.07) is 15.7. The Hall–Kier alpha value is -3.06. The third-order valence-corrected chi connectivity index (χ3v) is 7.83. The summed E-state index contributed by atoms with van der Waals surface area (Å²) < 4.78 is 1.00. The number of rotatable bonds is 6. The molecule has 1 aromatic heterocycles. The molecule has 2 atom stereocenters. The summed E-state index contributed by atoms with van der Waals surface area (Å²) in [5.41, 5.74) is 2.77. The van der Waals surface area contributed by atoms with E-state index < -0.39 is 0 Å². The van der Waals surface area contributed by atoms with Crippen molar-refractivity contribution in [3.8, 4) is 0 Å². The van der Waals surface area contributed by atoms with E-state index in [4.69, 9.17) is 4.98 Å². The van der Waals surface area contributed by atoms with Crippen LogP contribution in [0.2, 0.25) is 0 Å². The zero-order chi connectivity index (χ0) is 22.9. The van der Waals surface area contributed by atoms with E-state index in [1.54, 1.807) is 4.90 Å². The van der Waals surface area contributed by atoms with Crippen LogP contribution in [0.4, 0.5) is 10.8 Å². The Morgan fingerprint density at radius 1 is 1.03 bits per heavy atom. The number of aromatic nitrogens is 1. The van der Waals surface area contributed by atoms with E-state index in [1.165, 1.54) is 21.8 Å². The first kappa shape index (κ1) is 21.8. The summed E-state index contributed by atoms with van der Waals surface area (Å²) in [6.45, 7) is 2.21. The molecule has 1 saturated heterocycles. The third-order valence-electron chi connectivity index (χ3n) is 6.81. The minimum Gasteiger partial charge on any atom is -0.282 e. The molecule has 2 aliphatic rings.